The number of halogens is 1. The average molecular weight is 286 g/mol. The highest BCUT2D eigenvalue weighted by molar-refractivity contribution is 9.10. The van der Waals surface area contributed by atoms with E-state index in [4.69, 9.17) is 4.74 Å². The maximum Gasteiger partial charge on any atom is 0.304 e. The second kappa shape index (κ2) is 6.22. The van der Waals surface area contributed by atoms with Crippen LogP contribution in [0.25, 0.3) is 0 Å². The van der Waals surface area contributed by atoms with Crippen LogP contribution in [0.4, 0.5) is 5.69 Å². The molecule has 0 aromatic heterocycles. The summed E-state index contributed by atoms with van der Waals surface area (Å²) in [6.45, 7) is 1.44. The van der Waals surface area contributed by atoms with Crippen molar-refractivity contribution in [1.82, 2.24) is 5.01 Å². The number of esters is 1. The van der Waals surface area contributed by atoms with E-state index in [0.717, 1.165) is 10.2 Å². The highest BCUT2D eigenvalue weighted by atomic mass is 79.9. The van der Waals surface area contributed by atoms with E-state index in [0.29, 0.717) is 0 Å². The van der Waals surface area contributed by atoms with Crippen molar-refractivity contribution in [2.45, 2.75) is 6.92 Å². The lowest BCUT2D eigenvalue weighted by Crippen LogP contribution is -2.16. The molecule has 0 N–H and O–H groups in total. The Hall–Kier alpha value is -1.43. The zero-order valence-electron chi connectivity index (χ0n) is 9.05. The normalized spacial score (nSPS) is 10.4. The Morgan fingerprint density at radius 3 is 2.62 bits per heavy atom. The second-order valence-electron chi connectivity index (χ2n) is 3.09. The summed E-state index contributed by atoms with van der Waals surface area (Å²) in [7, 11) is 1.67. The lowest BCUT2D eigenvalue weighted by Gasteiger charge is -2.09. The van der Waals surface area contributed by atoms with E-state index in [1.54, 1.807) is 7.05 Å². The van der Waals surface area contributed by atoms with E-state index >= 15 is 0 Å². The van der Waals surface area contributed by atoms with Gasteiger partial charge in [0.25, 0.3) is 0 Å². The van der Waals surface area contributed by atoms with Crippen LogP contribution in [0.1, 0.15) is 6.92 Å². The van der Waals surface area contributed by atoms with Crippen molar-refractivity contribution in [2.24, 2.45) is 10.3 Å². The summed E-state index contributed by atoms with van der Waals surface area (Å²) in [5.41, 5.74) is 0.734. The van der Waals surface area contributed by atoms with Gasteiger partial charge in [-0.05, 0) is 24.3 Å². The molecule has 0 spiro atoms. The number of benzene rings is 1. The Balaban J connectivity index is 2.46. The summed E-state index contributed by atoms with van der Waals surface area (Å²) in [5.74, 6) is -0.342. The molecule has 0 radical (unpaired) electrons. The van der Waals surface area contributed by atoms with Crippen LogP contribution in [-0.2, 0) is 9.53 Å². The van der Waals surface area contributed by atoms with Crippen molar-refractivity contribution >= 4 is 27.6 Å². The molecule has 0 aliphatic rings. The third-order valence-electron chi connectivity index (χ3n) is 1.59. The van der Waals surface area contributed by atoms with Gasteiger partial charge in [0.15, 0.2) is 6.73 Å². The molecule has 0 fully saturated rings. The van der Waals surface area contributed by atoms with Crippen LogP contribution in [0, 0.1) is 0 Å². The van der Waals surface area contributed by atoms with Crippen LogP contribution < -0.4 is 0 Å². The molecule has 6 heteroatoms. The number of rotatable bonds is 4. The molecule has 0 bridgehead atoms. The third-order valence-corrected chi connectivity index (χ3v) is 2.12. The van der Waals surface area contributed by atoms with E-state index in [1.807, 2.05) is 24.3 Å². The lowest BCUT2D eigenvalue weighted by molar-refractivity contribution is -0.145. The lowest BCUT2D eigenvalue weighted by atomic mass is 10.3. The molecule has 86 valence electrons. The smallest absolute Gasteiger partial charge is 0.304 e. The Labute approximate surface area is 102 Å². The molecule has 0 atom stereocenters. The standard InChI is InChI=1S/C10H12BrN3O2/c1-8(15)16-7-14(2)13-12-10-5-3-9(11)4-6-10/h3-6H,7H2,1-2H3. The van der Waals surface area contributed by atoms with E-state index in [1.165, 1.54) is 11.9 Å². The highest BCUT2D eigenvalue weighted by Crippen LogP contribution is 2.17. The molecule has 0 unspecified atom stereocenters. The van der Waals surface area contributed by atoms with Gasteiger partial charge in [-0.1, -0.05) is 21.2 Å². The monoisotopic (exact) mass is 285 g/mol. The molecular weight excluding hydrogens is 274 g/mol. The molecule has 5 nitrogen and oxygen atoms in total. The molecule has 1 aromatic carbocycles. The Bertz CT molecular complexity index is 378. The summed E-state index contributed by atoms with van der Waals surface area (Å²) < 4.78 is 5.72. The molecule has 0 saturated carbocycles. The fourth-order valence-electron chi connectivity index (χ4n) is 0.846. The van der Waals surface area contributed by atoms with Crippen molar-refractivity contribution in [3.63, 3.8) is 0 Å². The topological polar surface area (TPSA) is 54.3 Å². The van der Waals surface area contributed by atoms with Crippen molar-refractivity contribution in [3.05, 3.63) is 28.7 Å². The van der Waals surface area contributed by atoms with Crippen molar-refractivity contribution in [3.8, 4) is 0 Å². The molecule has 1 rings (SSSR count). The molecule has 0 aliphatic heterocycles. The number of nitrogens with zero attached hydrogens (tertiary/aromatic N) is 3. The van der Waals surface area contributed by atoms with Gasteiger partial charge in [0.05, 0.1) is 5.69 Å². The van der Waals surface area contributed by atoms with Crippen LogP contribution in [0.2, 0.25) is 0 Å². The second-order valence-corrected chi connectivity index (χ2v) is 4.00. The summed E-state index contributed by atoms with van der Waals surface area (Å²) >= 11 is 3.33. The third kappa shape index (κ3) is 4.88. The minimum atomic E-state index is -0.342. The van der Waals surface area contributed by atoms with Gasteiger partial charge in [-0.15, -0.1) is 5.11 Å². The first-order valence-corrected chi connectivity index (χ1v) is 5.39. The zero-order valence-corrected chi connectivity index (χ0v) is 10.6. The summed E-state index contributed by atoms with van der Waals surface area (Å²) in [6.07, 6.45) is 0. The molecule has 16 heavy (non-hydrogen) atoms. The molecule has 0 saturated heterocycles. The number of carbonyl (C=O) groups excluding carboxylic acids is 1. The van der Waals surface area contributed by atoms with Gasteiger partial charge >= 0.3 is 5.97 Å². The molecule has 1 aromatic rings. The van der Waals surface area contributed by atoms with Gasteiger partial charge in [-0.3, -0.25) is 4.79 Å². The summed E-state index contributed by atoms with van der Waals surface area (Å²) in [4.78, 5) is 10.5. The predicted molar refractivity (Wildman–Crippen MR) is 63.1 cm³/mol. The minimum absolute atomic E-state index is 0.0926. The van der Waals surface area contributed by atoms with Gasteiger partial charge in [0, 0.05) is 18.4 Å². The molecule has 0 heterocycles. The Morgan fingerprint density at radius 2 is 2.06 bits per heavy atom. The van der Waals surface area contributed by atoms with Crippen LogP contribution >= 0.6 is 15.9 Å². The van der Waals surface area contributed by atoms with E-state index in [2.05, 4.69) is 26.3 Å². The summed E-state index contributed by atoms with van der Waals surface area (Å²) in [6, 6.07) is 7.40. The summed E-state index contributed by atoms with van der Waals surface area (Å²) in [5, 5.41) is 9.26. The van der Waals surface area contributed by atoms with Gasteiger partial charge in [0.2, 0.25) is 0 Å². The number of ether oxygens (including phenoxy) is 1. The number of carbonyl (C=O) groups is 1. The zero-order chi connectivity index (χ0) is 12.0. The minimum Gasteiger partial charge on any atom is -0.443 e. The largest absolute Gasteiger partial charge is 0.443 e. The molecule has 0 amide bonds. The quantitative estimate of drug-likeness (QED) is 0.370. The van der Waals surface area contributed by atoms with Gasteiger partial charge < -0.3 is 4.74 Å². The molecule has 0 aliphatic carbocycles. The maximum atomic E-state index is 10.5. The number of hydrogen-bond acceptors (Lipinski definition) is 4. The van der Waals surface area contributed by atoms with Crippen LogP contribution in [-0.4, -0.2) is 24.8 Å². The van der Waals surface area contributed by atoms with Crippen LogP contribution in [0.5, 0.6) is 0 Å². The first kappa shape index (κ1) is 12.6. The van der Waals surface area contributed by atoms with E-state index in [-0.39, 0.29) is 12.7 Å². The van der Waals surface area contributed by atoms with Crippen LogP contribution in [0.3, 0.4) is 0 Å². The fraction of sp³-hybridized carbons (Fsp3) is 0.300. The number of hydrogen-bond donors (Lipinski definition) is 0. The first-order valence-electron chi connectivity index (χ1n) is 4.59. The van der Waals surface area contributed by atoms with Gasteiger partial charge in [-0.25, -0.2) is 5.01 Å². The predicted octanol–water partition coefficient (Wildman–Crippen LogP) is 2.90. The Kier molecular flexibility index (Phi) is 4.91. The van der Waals surface area contributed by atoms with Crippen molar-refractivity contribution in [1.29, 1.82) is 0 Å². The SMILES string of the molecule is CC(=O)OCN(C)N=Nc1ccc(Br)cc1. The fourth-order valence-corrected chi connectivity index (χ4v) is 1.11. The van der Waals surface area contributed by atoms with Gasteiger partial charge in [0.1, 0.15) is 0 Å². The first-order chi connectivity index (χ1) is 7.58. The van der Waals surface area contributed by atoms with Crippen LogP contribution in [0.15, 0.2) is 39.1 Å². The van der Waals surface area contributed by atoms with Crippen molar-refractivity contribution in [2.75, 3.05) is 13.8 Å². The highest BCUT2D eigenvalue weighted by Gasteiger charge is 1.96. The average Bonchev–Trinajstić information content (AvgIpc) is 2.25. The van der Waals surface area contributed by atoms with Gasteiger partial charge in [-0.2, -0.15) is 0 Å². The Morgan fingerprint density at radius 1 is 1.44 bits per heavy atom. The van der Waals surface area contributed by atoms with E-state index in [9.17, 15) is 4.79 Å². The maximum absolute atomic E-state index is 10.5. The van der Waals surface area contributed by atoms with Crippen molar-refractivity contribution < 1.29 is 9.53 Å². The van der Waals surface area contributed by atoms with E-state index < -0.39 is 0 Å². The molecular formula is C10H12BrN3O2.